The van der Waals surface area contributed by atoms with Gasteiger partial charge in [-0.05, 0) is 97.7 Å². The van der Waals surface area contributed by atoms with Gasteiger partial charge in [-0.25, -0.2) is 9.97 Å². The summed E-state index contributed by atoms with van der Waals surface area (Å²) in [4.78, 5) is 13.6. The molecule has 6 aromatic carbocycles. The quantitative estimate of drug-likeness (QED) is 0.0980. The first kappa shape index (κ1) is 44.2. The molecule has 0 amide bonds. The molecule has 4 aromatic heterocycles. The number of fused-ring (bicyclic) bond motifs is 6. The molecule has 2 N–H and O–H groups in total. The third-order valence-corrected chi connectivity index (χ3v) is 13.6. The Labute approximate surface area is 405 Å². The van der Waals surface area contributed by atoms with Crippen molar-refractivity contribution in [2.24, 2.45) is 5.73 Å². The lowest BCUT2D eigenvalue weighted by atomic mass is 10.1. The van der Waals surface area contributed by atoms with Gasteiger partial charge in [-0.15, -0.1) is 0 Å². The fourth-order valence-electron chi connectivity index (χ4n) is 9.57. The molecule has 0 aliphatic rings. The van der Waals surface area contributed by atoms with Gasteiger partial charge >= 0.3 is 0 Å². The number of benzene rings is 6. The number of hydrogen-bond donors (Lipinski definition) is 1. The first-order valence-electron chi connectivity index (χ1n) is 22.6. The summed E-state index contributed by atoms with van der Waals surface area (Å²) in [5.74, 6) is 0. The summed E-state index contributed by atoms with van der Waals surface area (Å²) in [5.41, 5.74) is 17.8. The Morgan fingerprint density at radius 1 is 0.455 bits per heavy atom. The molecule has 0 aliphatic carbocycles. The highest BCUT2D eigenvalue weighted by Crippen LogP contribution is 2.41. The van der Waals surface area contributed by atoms with Gasteiger partial charge in [-0.1, -0.05) is 156 Å². The Morgan fingerprint density at radius 2 is 0.909 bits per heavy atom. The number of halogens is 4. The zero-order chi connectivity index (χ0) is 45.1. The molecular weight excluding hydrogens is 898 g/mol. The van der Waals surface area contributed by atoms with Gasteiger partial charge in [0.15, 0.2) is 0 Å². The van der Waals surface area contributed by atoms with Crippen LogP contribution in [0.5, 0.6) is 0 Å². The van der Waals surface area contributed by atoms with E-state index < -0.39 is 0 Å². The largest absolute Gasteiger partial charge is 0.334 e. The van der Waals surface area contributed by atoms with Crippen LogP contribution in [0.3, 0.4) is 0 Å². The molecule has 0 unspecified atom stereocenters. The van der Waals surface area contributed by atoms with Crippen LogP contribution >= 0.6 is 46.4 Å². The van der Waals surface area contributed by atoms with Gasteiger partial charge in [0.25, 0.3) is 0 Å². The molecule has 0 saturated heterocycles. The first-order valence-corrected chi connectivity index (χ1v) is 24.1. The minimum absolute atomic E-state index is 0.593. The lowest BCUT2D eigenvalue weighted by Crippen LogP contribution is -2.25. The van der Waals surface area contributed by atoms with Gasteiger partial charge < -0.3 is 14.9 Å². The monoisotopic (exact) mass is 944 g/mol. The van der Waals surface area contributed by atoms with Gasteiger partial charge in [0.1, 0.15) is 0 Å². The highest BCUT2D eigenvalue weighted by Gasteiger charge is 2.23. The smallest absolute Gasteiger partial charge is 0.0964 e. The van der Waals surface area contributed by atoms with E-state index in [2.05, 4.69) is 99.0 Å². The predicted molar refractivity (Wildman–Crippen MR) is 278 cm³/mol. The first-order chi connectivity index (χ1) is 32.3. The minimum atomic E-state index is 0.593. The third-order valence-electron chi connectivity index (χ3n) is 12.5. The second kappa shape index (κ2) is 19.6. The van der Waals surface area contributed by atoms with Crippen molar-refractivity contribution in [3.05, 3.63) is 200 Å². The summed E-state index contributed by atoms with van der Waals surface area (Å²) in [5, 5.41) is 7.29. The van der Waals surface area contributed by atoms with Crippen molar-refractivity contribution in [3.63, 3.8) is 0 Å². The summed E-state index contributed by atoms with van der Waals surface area (Å²) in [6.45, 7) is 3.97. The molecule has 10 rings (SSSR count). The number of para-hydroxylation sites is 2. The van der Waals surface area contributed by atoms with E-state index in [-0.39, 0.29) is 0 Å². The molecule has 0 saturated carbocycles. The van der Waals surface area contributed by atoms with Crippen molar-refractivity contribution in [2.45, 2.75) is 51.9 Å². The molecule has 0 radical (unpaired) electrons. The topological polar surface area (TPSA) is 64.9 Å². The number of unbranched alkanes of at least 4 members (excludes halogenated alkanes) is 3. The van der Waals surface area contributed by atoms with Gasteiger partial charge in [-0.3, -0.25) is 4.90 Å². The Balaban J connectivity index is 1.12. The van der Waals surface area contributed by atoms with Crippen LogP contribution in [-0.2, 0) is 26.2 Å². The van der Waals surface area contributed by atoms with E-state index in [1.54, 1.807) is 0 Å². The van der Waals surface area contributed by atoms with Crippen LogP contribution in [0, 0.1) is 0 Å². The molecule has 0 spiro atoms. The number of nitrogens with two attached hydrogens (primary N) is 1. The van der Waals surface area contributed by atoms with Crippen molar-refractivity contribution in [1.29, 1.82) is 0 Å². The summed E-state index contributed by atoms with van der Waals surface area (Å²) in [6, 6.07) is 53.9. The normalized spacial score (nSPS) is 11.8. The molecule has 330 valence electrons. The van der Waals surface area contributed by atoms with E-state index in [4.69, 9.17) is 62.1 Å². The highest BCUT2D eigenvalue weighted by atomic mass is 35.5. The molecule has 0 atom stereocenters. The molecule has 10 aromatic rings. The average molecular weight is 947 g/mol. The second-order valence-corrected chi connectivity index (χ2v) is 18.7. The number of pyridine rings is 2. The van der Waals surface area contributed by atoms with E-state index >= 15 is 0 Å². The van der Waals surface area contributed by atoms with E-state index in [0.717, 1.165) is 121 Å². The van der Waals surface area contributed by atoms with E-state index in [1.807, 2.05) is 72.8 Å². The van der Waals surface area contributed by atoms with Crippen LogP contribution in [-0.4, -0.2) is 37.1 Å². The van der Waals surface area contributed by atoms with Crippen molar-refractivity contribution in [1.82, 2.24) is 24.0 Å². The summed E-state index contributed by atoms with van der Waals surface area (Å²) < 4.78 is 4.72. The van der Waals surface area contributed by atoms with Crippen LogP contribution in [0.15, 0.2) is 158 Å². The predicted octanol–water partition coefficient (Wildman–Crippen LogP) is 15.3. The van der Waals surface area contributed by atoms with E-state index in [9.17, 15) is 0 Å². The zero-order valence-electron chi connectivity index (χ0n) is 36.4. The van der Waals surface area contributed by atoms with Crippen LogP contribution in [0.25, 0.3) is 66.1 Å². The maximum absolute atomic E-state index is 7.07. The third kappa shape index (κ3) is 9.07. The van der Waals surface area contributed by atoms with Crippen molar-refractivity contribution < 1.29 is 0 Å². The average Bonchev–Trinajstić information content (AvgIpc) is 3.80. The number of hydrogen-bond acceptors (Lipinski definition) is 4. The van der Waals surface area contributed by atoms with Crippen LogP contribution < -0.4 is 5.73 Å². The van der Waals surface area contributed by atoms with Gasteiger partial charge in [0, 0.05) is 79.9 Å². The fourth-order valence-corrected chi connectivity index (χ4v) is 10.4. The Bertz CT molecular complexity index is 3160. The van der Waals surface area contributed by atoms with E-state index in [1.165, 1.54) is 0 Å². The van der Waals surface area contributed by atoms with Gasteiger partial charge in [0.2, 0.25) is 0 Å². The van der Waals surface area contributed by atoms with E-state index in [0.29, 0.717) is 52.8 Å². The maximum atomic E-state index is 7.07. The second-order valence-electron chi connectivity index (χ2n) is 17.1. The summed E-state index contributed by atoms with van der Waals surface area (Å²) in [7, 11) is 0. The Hall–Kier alpha value is -5.70. The van der Waals surface area contributed by atoms with Crippen LogP contribution in [0.4, 0.5) is 0 Å². The molecule has 10 heteroatoms. The molecular formula is C56H48Cl4N6. The SMILES string of the molecule is NCCCCCCN(Cc1cc2c3ccccc3n(Cc3cccc(Cl)c3)c2c(-c2ccccc2Cl)n1)Cc1cc2c3ccccc3n(Cc3cccc(Cl)c3)c2c(-c2ccccc2Cl)n1. The molecule has 66 heavy (non-hydrogen) atoms. The lowest BCUT2D eigenvalue weighted by Gasteiger charge is -2.23. The Morgan fingerprint density at radius 3 is 1.38 bits per heavy atom. The van der Waals surface area contributed by atoms with Gasteiger partial charge in [-0.2, -0.15) is 0 Å². The fraction of sp³-hybridized carbons (Fsp3) is 0.179. The molecule has 0 aliphatic heterocycles. The number of nitrogens with zero attached hydrogens (tertiary/aromatic N) is 5. The van der Waals surface area contributed by atoms with Gasteiger partial charge in [0.05, 0.1) is 43.9 Å². The number of rotatable bonds is 16. The van der Waals surface area contributed by atoms with Crippen LogP contribution in [0.2, 0.25) is 20.1 Å². The maximum Gasteiger partial charge on any atom is 0.0964 e. The highest BCUT2D eigenvalue weighted by molar-refractivity contribution is 6.34. The molecule has 6 nitrogen and oxygen atoms in total. The molecule has 0 bridgehead atoms. The zero-order valence-corrected chi connectivity index (χ0v) is 39.4. The Kier molecular flexibility index (Phi) is 13.1. The van der Waals surface area contributed by atoms with Crippen LogP contribution in [0.1, 0.15) is 48.2 Å². The van der Waals surface area contributed by atoms with Crippen molar-refractivity contribution in [2.75, 3.05) is 13.1 Å². The lowest BCUT2D eigenvalue weighted by molar-refractivity contribution is 0.245. The number of aromatic nitrogens is 4. The van der Waals surface area contributed by atoms with Crippen molar-refractivity contribution >= 4 is 90.0 Å². The summed E-state index contributed by atoms with van der Waals surface area (Å²) >= 11 is 27.2. The van der Waals surface area contributed by atoms with Crippen molar-refractivity contribution in [3.8, 4) is 22.5 Å². The molecule has 0 fully saturated rings. The summed E-state index contributed by atoms with van der Waals surface area (Å²) in [6.07, 6.45) is 4.19. The standard InChI is InChI=1S/C56H48Cl4N6/c57-39-17-13-15-37(29-39)33-65-51-25-9-5-19-43(51)47-31-41(62-53(55(47)65)45-21-3-7-23-49(45)59)35-64(28-12-2-1-11-27-61)36-42-32-48-44-20-6-10-26-52(44)66(34-38-16-14-18-40(58)30-38)56(48)54(63-42)46-22-4-8-24-50(46)60/h3-10,13-26,29-32H,1-2,11-12,27-28,33-36,61H2. The minimum Gasteiger partial charge on any atom is -0.334 e. The molecule has 4 heterocycles.